The molecule has 4 heteroatoms. The van der Waals surface area contributed by atoms with Crippen molar-refractivity contribution >= 4 is 32.3 Å². The third-order valence-corrected chi connectivity index (χ3v) is 5.52. The minimum Gasteiger partial charge on any atom is -0.438 e. The van der Waals surface area contributed by atoms with Crippen molar-refractivity contribution in [2.75, 3.05) is 0 Å². The fourth-order valence-corrected chi connectivity index (χ4v) is 4.12. The van der Waals surface area contributed by atoms with Crippen LogP contribution in [0.15, 0.2) is 78.4 Å². The Morgan fingerprint density at radius 1 is 0.852 bits per heavy atom. The molecule has 0 fully saturated rings. The van der Waals surface area contributed by atoms with E-state index in [1.54, 1.807) is 17.7 Å². The number of benzene rings is 3. The summed E-state index contributed by atoms with van der Waals surface area (Å²) in [4.78, 5) is 9.78. The van der Waals surface area contributed by atoms with Gasteiger partial charge in [0.25, 0.3) is 0 Å². The first-order valence-electron chi connectivity index (χ1n) is 8.74. The predicted octanol–water partition coefficient (Wildman–Crippen LogP) is 6.61. The molecule has 0 N–H and O–H groups in total. The van der Waals surface area contributed by atoms with Gasteiger partial charge < -0.3 is 4.74 Å². The van der Waals surface area contributed by atoms with E-state index < -0.39 is 0 Å². The van der Waals surface area contributed by atoms with Crippen LogP contribution in [0.3, 0.4) is 0 Å². The van der Waals surface area contributed by atoms with Crippen molar-refractivity contribution in [3.63, 3.8) is 0 Å². The van der Waals surface area contributed by atoms with Crippen molar-refractivity contribution in [1.29, 1.82) is 0 Å². The highest BCUT2D eigenvalue weighted by Crippen LogP contribution is 2.39. The van der Waals surface area contributed by atoms with Gasteiger partial charge in [0, 0.05) is 10.9 Å². The van der Waals surface area contributed by atoms with E-state index in [1.165, 1.54) is 10.9 Å². The van der Waals surface area contributed by atoms with Crippen LogP contribution in [0.1, 0.15) is 5.56 Å². The van der Waals surface area contributed by atoms with E-state index in [-0.39, 0.29) is 0 Å². The fourth-order valence-electron chi connectivity index (χ4n) is 3.21. The zero-order chi connectivity index (χ0) is 18.2. The lowest BCUT2D eigenvalue weighted by atomic mass is 10.0. The largest absolute Gasteiger partial charge is 0.438 e. The van der Waals surface area contributed by atoms with Gasteiger partial charge in [0.1, 0.15) is 16.9 Å². The average Bonchev–Trinajstić information content (AvgIpc) is 3.14. The van der Waals surface area contributed by atoms with Gasteiger partial charge in [-0.3, -0.25) is 0 Å². The maximum Gasteiger partial charge on any atom is 0.231 e. The number of rotatable bonds is 3. The summed E-state index contributed by atoms with van der Waals surface area (Å²) in [6, 6.07) is 22.8. The molecule has 2 aromatic heterocycles. The number of thiophene rings is 1. The quantitative estimate of drug-likeness (QED) is 0.359. The van der Waals surface area contributed by atoms with Gasteiger partial charge in [0.2, 0.25) is 5.88 Å². The van der Waals surface area contributed by atoms with Crippen LogP contribution in [0.25, 0.3) is 32.1 Å². The zero-order valence-electron chi connectivity index (χ0n) is 14.7. The normalized spacial score (nSPS) is 11.1. The van der Waals surface area contributed by atoms with Crippen LogP contribution in [0.2, 0.25) is 0 Å². The first-order valence-corrected chi connectivity index (χ1v) is 9.62. The van der Waals surface area contributed by atoms with Gasteiger partial charge in [-0.25, -0.2) is 9.97 Å². The molecule has 0 saturated carbocycles. The van der Waals surface area contributed by atoms with Crippen molar-refractivity contribution in [1.82, 2.24) is 9.97 Å². The van der Waals surface area contributed by atoms with Crippen LogP contribution < -0.4 is 4.74 Å². The van der Waals surface area contributed by atoms with Crippen molar-refractivity contribution in [3.8, 4) is 22.8 Å². The molecule has 5 rings (SSSR count). The van der Waals surface area contributed by atoms with Gasteiger partial charge >= 0.3 is 0 Å². The van der Waals surface area contributed by atoms with Gasteiger partial charge in [0.15, 0.2) is 0 Å². The Morgan fingerprint density at radius 3 is 2.52 bits per heavy atom. The van der Waals surface area contributed by atoms with Gasteiger partial charge in [-0.05, 0) is 35.4 Å². The zero-order valence-corrected chi connectivity index (χ0v) is 15.5. The highest BCUT2D eigenvalue weighted by molar-refractivity contribution is 7.17. The van der Waals surface area contributed by atoms with E-state index in [2.05, 4.69) is 64.7 Å². The molecule has 0 aliphatic carbocycles. The summed E-state index contributed by atoms with van der Waals surface area (Å²) in [7, 11) is 0. The molecule has 0 bridgehead atoms. The van der Waals surface area contributed by atoms with E-state index in [9.17, 15) is 0 Å². The summed E-state index contributed by atoms with van der Waals surface area (Å²) in [6.07, 6.45) is 1.56. The van der Waals surface area contributed by atoms with Gasteiger partial charge in [-0.15, -0.1) is 11.3 Å². The third kappa shape index (κ3) is 2.94. The van der Waals surface area contributed by atoms with Crippen LogP contribution in [0, 0.1) is 6.92 Å². The Morgan fingerprint density at radius 2 is 1.67 bits per heavy atom. The molecule has 0 radical (unpaired) electrons. The molecule has 2 heterocycles. The second-order valence-corrected chi connectivity index (χ2v) is 7.34. The van der Waals surface area contributed by atoms with Gasteiger partial charge in [-0.1, -0.05) is 60.2 Å². The number of ether oxygens (including phenoxy) is 1. The van der Waals surface area contributed by atoms with Crippen LogP contribution in [-0.2, 0) is 0 Å². The molecule has 0 spiro atoms. The fraction of sp³-hybridized carbons (Fsp3) is 0.0435. The van der Waals surface area contributed by atoms with Gasteiger partial charge in [-0.2, -0.15) is 0 Å². The molecule has 0 amide bonds. The number of nitrogens with zero attached hydrogens (tertiary/aromatic N) is 2. The van der Waals surface area contributed by atoms with Crippen LogP contribution in [0.5, 0.6) is 11.6 Å². The lowest BCUT2D eigenvalue weighted by molar-refractivity contribution is 0.469. The highest BCUT2D eigenvalue weighted by atomic mass is 32.1. The molecule has 3 nitrogen and oxygen atoms in total. The van der Waals surface area contributed by atoms with Crippen molar-refractivity contribution < 1.29 is 4.74 Å². The van der Waals surface area contributed by atoms with E-state index in [1.807, 2.05) is 24.3 Å². The number of aromatic nitrogens is 2. The average molecular weight is 368 g/mol. The molecule has 3 aromatic carbocycles. The van der Waals surface area contributed by atoms with E-state index in [0.717, 1.165) is 32.5 Å². The molecule has 27 heavy (non-hydrogen) atoms. The predicted molar refractivity (Wildman–Crippen MR) is 112 cm³/mol. The Bertz CT molecular complexity index is 1260. The Labute approximate surface area is 160 Å². The Kier molecular flexibility index (Phi) is 3.84. The Hall–Kier alpha value is -3.24. The summed E-state index contributed by atoms with van der Waals surface area (Å²) >= 11 is 1.61. The maximum absolute atomic E-state index is 6.20. The molecule has 0 saturated heterocycles. The number of fused-ring (bicyclic) bond motifs is 2. The summed E-state index contributed by atoms with van der Waals surface area (Å²) in [6.45, 7) is 2.09. The smallest absolute Gasteiger partial charge is 0.231 e. The minimum absolute atomic E-state index is 0.590. The van der Waals surface area contributed by atoms with E-state index in [4.69, 9.17) is 4.74 Å². The molecule has 5 aromatic rings. The summed E-state index contributed by atoms with van der Waals surface area (Å²) in [5.74, 6) is 1.36. The number of hydrogen-bond donors (Lipinski definition) is 0. The summed E-state index contributed by atoms with van der Waals surface area (Å²) in [5, 5.41) is 5.41. The molecule has 0 aliphatic heterocycles. The molecule has 0 unspecified atom stereocenters. The molecular weight excluding hydrogens is 352 g/mol. The monoisotopic (exact) mass is 368 g/mol. The topological polar surface area (TPSA) is 35.0 Å². The standard InChI is InChI=1S/C23H16N2OS/c1-15-6-8-17(9-7-15)20-13-27-23-21(20)22(24-14-25-23)26-19-11-10-16-4-2-3-5-18(16)12-19/h2-14H,1H3. The number of hydrogen-bond acceptors (Lipinski definition) is 4. The maximum atomic E-state index is 6.20. The third-order valence-electron chi connectivity index (χ3n) is 4.63. The second-order valence-electron chi connectivity index (χ2n) is 6.49. The van der Waals surface area contributed by atoms with E-state index >= 15 is 0 Å². The first kappa shape index (κ1) is 16.0. The summed E-state index contributed by atoms with van der Waals surface area (Å²) in [5.41, 5.74) is 3.48. The van der Waals surface area contributed by atoms with Crippen LogP contribution in [-0.4, -0.2) is 9.97 Å². The van der Waals surface area contributed by atoms with Crippen LogP contribution in [0.4, 0.5) is 0 Å². The van der Waals surface area contributed by atoms with Crippen molar-refractivity contribution in [2.45, 2.75) is 6.92 Å². The first-order chi connectivity index (χ1) is 13.3. The van der Waals surface area contributed by atoms with Crippen LogP contribution >= 0.6 is 11.3 Å². The van der Waals surface area contributed by atoms with Crippen molar-refractivity contribution in [3.05, 3.63) is 84.0 Å². The molecule has 0 aliphatic rings. The van der Waals surface area contributed by atoms with E-state index in [0.29, 0.717) is 5.88 Å². The second kappa shape index (κ2) is 6.49. The van der Waals surface area contributed by atoms with Crippen molar-refractivity contribution in [2.24, 2.45) is 0 Å². The lowest BCUT2D eigenvalue weighted by Gasteiger charge is -2.08. The van der Waals surface area contributed by atoms with Gasteiger partial charge in [0.05, 0.1) is 5.39 Å². The molecule has 130 valence electrons. The SMILES string of the molecule is Cc1ccc(-c2csc3ncnc(Oc4ccc5ccccc5c4)c23)cc1. The Balaban J connectivity index is 1.62. The lowest BCUT2D eigenvalue weighted by Crippen LogP contribution is -1.91. The molecular formula is C23H16N2OS. The molecule has 0 atom stereocenters. The highest BCUT2D eigenvalue weighted by Gasteiger charge is 2.15. The minimum atomic E-state index is 0.590. The number of aryl methyl sites for hydroxylation is 1. The summed E-state index contributed by atoms with van der Waals surface area (Å²) < 4.78 is 6.20.